The van der Waals surface area contributed by atoms with Crippen LogP contribution in [0.25, 0.3) is 0 Å². The van der Waals surface area contributed by atoms with Gasteiger partial charge in [-0.3, -0.25) is 0 Å². The zero-order valence-corrected chi connectivity index (χ0v) is 13.2. The molecule has 0 saturated heterocycles. The van der Waals surface area contributed by atoms with Crippen LogP contribution in [-0.4, -0.2) is 15.7 Å². The third-order valence-corrected chi connectivity index (χ3v) is 5.84. The molecule has 0 bridgehead atoms. The Morgan fingerprint density at radius 2 is 1.56 bits per heavy atom. The van der Waals surface area contributed by atoms with Crippen LogP contribution in [0.15, 0.2) is 0 Å². The maximum atomic E-state index is 5.95. The molecular weight excluding hydrogens is 260 g/mol. The highest BCUT2D eigenvalue weighted by molar-refractivity contribution is 8.23. The van der Waals surface area contributed by atoms with Crippen molar-refractivity contribution in [1.82, 2.24) is 0 Å². The topological polar surface area (TPSA) is 9.23 Å². The van der Waals surface area contributed by atoms with Crippen LogP contribution in [0.1, 0.15) is 71.1 Å². The largest absolute Gasteiger partial charge is 0.475 e. The van der Waals surface area contributed by atoms with Gasteiger partial charge in [-0.25, -0.2) is 0 Å². The van der Waals surface area contributed by atoms with Crippen LogP contribution < -0.4 is 0 Å². The van der Waals surface area contributed by atoms with Gasteiger partial charge < -0.3 is 4.74 Å². The van der Waals surface area contributed by atoms with Crippen molar-refractivity contribution >= 4 is 28.4 Å². The highest BCUT2D eigenvalue weighted by Crippen LogP contribution is 2.34. The summed E-state index contributed by atoms with van der Waals surface area (Å²) in [5, 5.41) is 0.640. The summed E-state index contributed by atoms with van der Waals surface area (Å²) in [6.45, 7) is 2.33. The molecule has 2 fully saturated rings. The lowest BCUT2D eigenvalue weighted by atomic mass is 9.87. The first-order chi connectivity index (χ1) is 8.75. The molecule has 0 spiro atoms. The molecule has 0 aromatic rings. The zero-order valence-electron chi connectivity index (χ0n) is 11.5. The fraction of sp³-hybridized carbons (Fsp3) is 0.933. The smallest absolute Gasteiger partial charge is 0.220 e. The van der Waals surface area contributed by atoms with Gasteiger partial charge in [0.05, 0.1) is 0 Å². The first kappa shape index (κ1) is 14.6. The summed E-state index contributed by atoms with van der Waals surface area (Å²) in [7, 11) is 0. The first-order valence-corrected chi connectivity index (χ1v) is 8.92. The Morgan fingerprint density at radius 3 is 2.17 bits per heavy atom. The number of thioether (sulfide) groups is 1. The molecule has 104 valence electrons. The quantitative estimate of drug-likeness (QED) is 0.650. The van der Waals surface area contributed by atoms with Crippen molar-refractivity contribution in [2.75, 3.05) is 0 Å². The minimum Gasteiger partial charge on any atom is -0.475 e. The van der Waals surface area contributed by atoms with E-state index in [2.05, 4.69) is 6.92 Å². The summed E-state index contributed by atoms with van der Waals surface area (Å²) >= 11 is 7.23. The van der Waals surface area contributed by atoms with E-state index in [-0.39, 0.29) is 0 Å². The van der Waals surface area contributed by atoms with Crippen molar-refractivity contribution < 1.29 is 4.74 Å². The third kappa shape index (κ3) is 4.73. The Kier molecular flexibility index (Phi) is 6.30. The predicted molar refractivity (Wildman–Crippen MR) is 84.2 cm³/mol. The van der Waals surface area contributed by atoms with E-state index in [1.165, 1.54) is 64.2 Å². The predicted octanol–water partition coefficient (Wildman–Crippen LogP) is 5.32. The van der Waals surface area contributed by atoms with Crippen molar-refractivity contribution in [3.05, 3.63) is 0 Å². The van der Waals surface area contributed by atoms with E-state index in [0.29, 0.717) is 11.4 Å². The number of hydrogen-bond acceptors (Lipinski definition) is 3. The van der Waals surface area contributed by atoms with E-state index in [4.69, 9.17) is 17.0 Å². The molecular formula is C15H26OS2. The van der Waals surface area contributed by atoms with Gasteiger partial charge >= 0.3 is 0 Å². The van der Waals surface area contributed by atoms with Gasteiger partial charge in [-0.15, -0.1) is 0 Å². The average molecular weight is 287 g/mol. The molecule has 3 heteroatoms. The summed E-state index contributed by atoms with van der Waals surface area (Å²) in [5.41, 5.74) is 0. The molecule has 0 heterocycles. The third-order valence-electron chi connectivity index (χ3n) is 4.41. The standard InChI is InChI=1S/C15H26OS2/c1-12(13-8-4-2-5-9-13)18-15(17)16-14-10-6-3-7-11-14/h12-14H,2-11H2,1H3. The fourth-order valence-electron chi connectivity index (χ4n) is 3.20. The van der Waals surface area contributed by atoms with E-state index in [1.54, 1.807) is 0 Å². The van der Waals surface area contributed by atoms with Crippen molar-refractivity contribution in [3.8, 4) is 0 Å². The molecule has 1 atom stereocenters. The molecule has 0 amide bonds. The van der Waals surface area contributed by atoms with Crippen LogP contribution in [0.5, 0.6) is 0 Å². The lowest BCUT2D eigenvalue weighted by Gasteiger charge is -2.28. The molecule has 18 heavy (non-hydrogen) atoms. The van der Waals surface area contributed by atoms with E-state index in [1.807, 2.05) is 11.8 Å². The second kappa shape index (κ2) is 7.74. The first-order valence-electron chi connectivity index (χ1n) is 7.63. The van der Waals surface area contributed by atoms with Gasteiger partial charge in [0, 0.05) is 5.25 Å². The Labute approximate surface area is 121 Å². The summed E-state index contributed by atoms with van der Waals surface area (Å²) in [6, 6.07) is 0. The van der Waals surface area contributed by atoms with Crippen LogP contribution in [0.3, 0.4) is 0 Å². The number of hydrogen-bond donors (Lipinski definition) is 0. The van der Waals surface area contributed by atoms with Gasteiger partial charge in [-0.1, -0.05) is 44.4 Å². The van der Waals surface area contributed by atoms with E-state index < -0.39 is 0 Å². The number of ether oxygens (including phenoxy) is 1. The molecule has 0 aromatic carbocycles. The SMILES string of the molecule is CC(SC(=S)OC1CCCCC1)C1CCCCC1. The van der Waals surface area contributed by atoms with E-state index in [9.17, 15) is 0 Å². The van der Waals surface area contributed by atoms with E-state index >= 15 is 0 Å². The molecule has 1 nitrogen and oxygen atoms in total. The number of rotatable bonds is 3. The molecule has 0 N–H and O–H groups in total. The van der Waals surface area contributed by atoms with Gasteiger partial charge in [-0.2, -0.15) is 0 Å². The average Bonchev–Trinajstić information content (AvgIpc) is 2.40. The van der Waals surface area contributed by atoms with Gasteiger partial charge in [0.2, 0.25) is 4.38 Å². The van der Waals surface area contributed by atoms with Crippen LogP contribution >= 0.6 is 24.0 Å². The van der Waals surface area contributed by atoms with Gasteiger partial charge in [0.25, 0.3) is 0 Å². The molecule has 0 aromatic heterocycles. The number of thiocarbonyl (C=S) groups is 1. The monoisotopic (exact) mass is 286 g/mol. The van der Waals surface area contributed by atoms with Crippen LogP contribution in [0.2, 0.25) is 0 Å². The Balaban J connectivity index is 1.68. The minimum atomic E-state index is 0.414. The van der Waals surface area contributed by atoms with Crippen molar-refractivity contribution in [1.29, 1.82) is 0 Å². The highest BCUT2D eigenvalue weighted by atomic mass is 32.2. The summed E-state index contributed by atoms with van der Waals surface area (Å²) in [6.07, 6.45) is 13.9. The highest BCUT2D eigenvalue weighted by Gasteiger charge is 2.23. The summed E-state index contributed by atoms with van der Waals surface area (Å²) < 4.78 is 6.75. The Hall–Kier alpha value is 0.240. The zero-order chi connectivity index (χ0) is 12.8. The normalized spacial score (nSPS) is 24.7. The second-order valence-corrected chi connectivity index (χ2v) is 7.83. The molecule has 2 aliphatic rings. The Morgan fingerprint density at radius 1 is 1.00 bits per heavy atom. The molecule has 1 unspecified atom stereocenters. The van der Waals surface area contributed by atoms with Gasteiger partial charge in [-0.05, 0) is 56.7 Å². The van der Waals surface area contributed by atoms with Crippen LogP contribution in [-0.2, 0) is 4.74 Å². The summed E-state index contributed by atoms with van der Waals surface area (Å²) in [5.74, 6) is 0.858. The molecule has 0 radical (unpaired) electrons. The maximum Gasteiger partial charge on any atom is 0.220 e. The lowest BCUT2D eigenvalue weighted by molar-refractivity contribution is 0.152. The summed E-state index contributed by atoms with van der Waals surface area (Å²) in [4.78, 5) is 0. The van der Waals surface area contributed by atoms with Gasteiger partial charge in [0.15, 0.2) is 0 Å². The van der Waals surface area contributed by atoms with Crippen molar-refractivity contribution in [2.45, 2.75) is 82.5 Å². The lowest BCUT2D eigenvalue weighted by Crippen LogP contribution is -2.22. The van der Waals surface area contributed by atoms with Crippen LogP contribution in [0, 0.1) is 5.92 Å². The molecule has 0 aliphatic heterocycles. The Bertz CT molecular complexity index is 255. The maximum absolute atomic E-state index is 5.95. The molecule has 2 aliphatic carbocycles. The van der Waals surface area contributed by atoms with Crippen LogP contribution in [0.4, 0.5) is 0 Å². The van der Waals surface area contributed by atoms with E-state index in [0.717, 1.165) is 10.3 Å². The van der Waals surface area contributed by atoms with Crippen molar-refractivity contribution in [3.63, 3.8) is 0 Å². The molecule has 2 saturated carbocycles. The van der Waals surface area contributed by atoms with Gasteiger partial charge in [0.1, 0.15) is 6.10 Å². The minimum absolute atomic E-state index is 0.414. The molecule has 2 rings (SSSR count). The van der Waals surface area contributed by atoms with Crippen molar-refractivity contribution in [2.24, 2.45) is 5.92 Å². The second-order valence-electron chi connectivity index (χ2n) is 5.85. The fourth-order valence-corrected chi connectivity index (χ4v) is 4.75.